The van der Waals surface area contributed by atoms with Gasteiger partial charge in [-0.15, -0.1) is 0 Å². The summed E-state index contributed by atoms with van der Waals surface area (Å²) in [7, 11) is 0. The van der Waals surface area contributed by atoms with E-state index >= 15 is 0 Å². The first kappa shape index (κ1) is 34.6. The first-order chi connectivity index (χ1) is 26.5. The zero-order valence-corrected chi connectivity index (χ0v) is 32.0. The second-order valence-electron chi connectivity index (χ2n) is 16.8. The zero-order valence-electron chi connectivity index (χ0n) is 32.0. The topological polar surface area (TPSA) is 3.24 Å². The molecule has 4 bridgehead atoms. The van der Waals surface area contributed by atoms with E-state index < -0.39 is 0 Å². The van der Waals surface area contributed by atoms with Gasteiger partial charge in [0, 0.05) is 17.1 Å². The van der Waals surface area contributed by atoms with Gasteiger partial charge in [-0.25, -0.2) is 0 Å². The third-order valence-electron chi connectivity index (χ3n) is 13.2. The average Bonchev–Trinajstić information content (AvgIpc) is 3.22. The Kier molecular flexibility index (Phi) is 9.58. The first-order valence-electron chi connectivity index (χ1n) is 20.5. The summed E-state index contributed by atoms with van der Waals surface area (Å²) in [4.78, 5) is 2.55. The van der Waals surface area contributed by atoms with Crippen molar-refractivity contribution in [3.8, 4) is 33.4 Å². The Labute approximate surface area is 323 Å². The molecule has 0 N–H and O–H groups in total. The molecule has 0 aromatic heterocycles. The van der Waals surface area contributed by atoms with Crippen molar-refractivity contribution in [3.63, 3.8) is 0 Å². The molecule has 6 aromatic rings. The Hall–Kier alpha value is -5.14. The van der Waals surface area contributed by atoms with Gasteiger partial charge in [-0.2, -0.15) is 0 Å². The normalized spacial score (nSPS) is 21.9. The summed E-state index contributed by atoms with van der Waals surface area (Å²) < 4.78 is 0. The molecule has 4 fully saturated rings. The third kappa shape index (κ3) is 6.86. The predicted octanol–water partition coefficient (Wildman–Crippen LogP) is 15.1. The molecule has 270 valence electrons. The average molecular weight is 704 g/mol. The highest BCUT2D eigenvalue weighted by atomic mass is 15.1. The number of hydrogen-bond acceptors (Lipinski definition) is 1. The number of hydrogen-bond donors (Lipinski definition) is 0. The highest BCUT2D eigenvalue weighted by Crippen LogP contribution is 2.61. The standard InChI is InChI=1S/C53H53N/c1-4-36(2)28-37(3)44-16-11-17-45(34-44)46-22-27-52(51(35-46)53-47-30-38-29-39(32-47)33-48(53)31-38)54(49-23-18-42(19-24-49)40-12-7-5-8-13-40)50-25-20-43(21-26-50)41-14-9-6-10-15-41/h5-27,34-36,38-39,47-48,53H,3-4,28-33H2,1-2H3. The van der Waals surface area contributed by atoms with Crippen LogP contribution in [-0.4, -0.2) is 0 Å². The molecule has 1 heteroatoms. The van der Waals surface area contributed by atoms with Crippen LogP contribution in [0.1, 0.15) is 75.8 Å². The van der Waals surface area contributed by atoms with E-state index in [2.05, 4.69) is 177 Å². The van der Waals surface area contributed by atoms with Crippen LogP contribution in [0.3, 0.4) is 0 Å². The van der Waals surface area contributed by atoms with Gasteiger partial charge < -0.3 is 4.90 Å². The van der Waals surface area contributed by atoms with Crippen molar-refractivity contribution in [3.05, 3.63) is 169 Å². The molecule has 1 unspecified atom stereocenters. The maximum absolute atomic E-state index is 4.54. The van der Waals surface area contributed by atoms with Crippen LogP contribution in [0.4, 0.5) is 17.1 Å². The van der Waals surface area contributed by atoms with Crippen molar-refractivity contribution in [1.82, 2.24) is 0 Å². The van der Waals surface area contributed by atoms with Gasteiger partial charge >= 0.3 is 0 Å². The Morgan fingerprint density at radius 1 is 0.556 bits per heavy atom. The van der Waals surface area contributed by atoms with Gasteiger partial charge in [0.15, 0.2) is 0 Å². The summed E-state index contributed by atoms with van der Waals surface area (Å²) in [5.74, 6) is 4.59. The Balaban J connectivity index is 1.18. The smallest absolute Gasteiger partial charge is 0.0497 e. The Bertz CT molecular complexity index is 2100. The molecule has 4 saturated carbocycles. The lowest BCUT2D eigenvalue weighted by Gasteiger charge is -2.55. The van der Waals surface area contributed by atoms with Gasteiger partial charge in [-0.1, -0.05) is 136 Å². The lowest BCUT2D eigenvalue weighted by Crippen LogP contribution is -2.44. The lowest BCUT2D eigenvalue weighted by molar-refractivity contribution is -0.00258. The number of benzene rings is 6. The van der Waals surface area contributed by atoms with Crippen LogP contribution < -0.4 is 4.90 Å². The summed E-state index contributed by atoms with van der Waals surface area (Å²) in [6, 6.07) is 56.6. The van der Waals surface area contributed by atoms with Crippen LogP contribution >= 0.6 is 0 Å². The molecule has 4 aliphatic rings. The predicted molar refractivity (Wildman–Crippen MR) is 230 cm³/mol. The molecule has 0 amide bonds. The largest absolute Gasteiger partial charge is 0.310 e. The molecular weight excluding hydrogens is 651 g/mol. The van der Waals surface area contributed by atoms with Gasteiger partial charge in [0.25, 0.3) is 0 Å². The van der Waals surface area contributed by atoms with Crippen molar-refractivity contribution in [2.45, 2.75) is 64.7 Å². The van der Waals surface area contributed by atoms with Crippen LogP contribution in [0.2, 0.25) is 0 Å². The summed E-state index contributed by atoms with van der Waals surface area (Å²) in [5.41, 5.74) is 15.4. The minimum atomic E-state index is 0.575. The van der Waals surface area contributed by atoms with Crippen molar-refractivity contribution < 1.29 is 0 Å². The van der Waals surface area contributed by atoms with Gasteiger partial charge in [0.1, 0.15) is 0 Å². The van der Waals surface area contributed by atoms with E-state index in [9.17, 15) is 0 Å². The summed E-state index contributed by atoms with van der Waals surface area (Å²) in [6.45, 7) is 9.15. The molecule has 6 aromatic carbocycles. The highest BCUT2D eigenvalue weighted by Gasteiger charge is 2.49. The van der Waals surface area contributed by atoms with Gasteiger partial charge in [0.2, 0.25) is 0 Å². The fraction of sp³-hybridized carbons (Fsp3) is 0.283. The van der Waals surface area contributed by atoms with Crippen LogP contribution in [0.5, 0.6) is 0 Å². The highest BCUT2D eigenvalue weighted by molar-refractivity contribution is 5.84. The zero-order chi connectivity index (χ0) is 36.6. The number of anilines is 3. The van der Waals surface area contributed by atoms with Crippen LogP contribution in [0, 0.1) is 29.6 Å². The maximum atomic E-state index is 4.54. The molecule has 0 heterocycles. The molecule has 4 aliphatic carbocycles. The number of nitrogens with zero attached hydrogens (tertiary/aromatic N) is 1. The van der Waals surface area contributed by atoms with E-state index in [0.29, 0.717) is 11.8 Å². The quantitative estimate of drug-likeness (QED) is 0.130. The van der Waals surface area contributed by atoms with Crippen molar-refractivity contribution in [2.24, 2.45) is 29.6 Å². The van der Waals surface area contributed by atoms with Gasteiger partial charge in [-0.05, 0) is 167 Å². The summed E-state index contributed by atoms with van der Waals surface area (Å²) in [6.07, 6.45) is 9.25. The molecule has 0 radical (unpaired) electrons. The van der Waals surface area contributed by atoms with Crippen LogP contribution in [0.25, 0.3) is 39.0 Å². The number of rotatable bonds is 11. The SMILES string of the molecule is C=C(CC(C)CC)c1cccc(-c2ccc(N(c3ccc(-c4ccccc4)cc3)c3ccc(-c4ccccc4)cc3)c(C3C4CC5CC(C4)CC3C5)c2)c1. The minimum Gasteiger partial charge on any atom is -0.310 e. The Morgan fingerprint density at radius 3 is 1.57 bits per heavy atom. The van der Waals surface area contributed by atoms with Crippen LogP contribution in [0.15, 0.2) is 158 Å². The van der Waals surface area contributed by atoms with E-state index in [1.54, 1.807) is 0 Å². The minimum absolute atomic E-state index is 0.575. The molecule has 1 nitrogen and oxygen atoms in total. The second-order valence-corrected chi connectivity index (χ2v) is 16.8. The molecule has 0 aliphatic heterocycles. The van der Waals surface area contributed by atoms with Crippen molar-refractivity contribution >= 4 is 22.6 Å². The Morgan fingerprint density at radius 2 is 1.04 bits per heavy atom. The fourth-order valence-electron chi connectivity index (χ4n) is 10.5. The summed E-state index contributed by atoms with van der Waals surface area (Å²) >= 11 is 0. The molecule has 54 heavy (non-hydrogen) atoms. The first-order valence-corrected chi connectivity index (χ1v) is 20.5. The van der Waals surface area contributed by atoms with E-state index in [-0.39, 0.29) is 0 Å². The molecule has 0 saturated heterocycles. The second kappa shape index (κ2) is 14.9. The third-order valence-corrected chi connectivity index (χ3v) is 13.2. The maximum Gasteiger partial charge on any atom is 0.0497 e. The van der Waals surface area contributed by atoms with E-state index in [1.165, 1.54) is 106 Å². The van der Waals surface area contributed by atoms with Crippen LogP contribution in [-0.2, 0) is 0 Å². The van der Waals surface area contributed by atoms with E-state index in [1.807, 2.05) is 0 Å². The summed E-state index contributed by atoms with van der Waals surface area (Å²) in [5, 5.41) is 0. The molecule has 1 atom stereocenters. The van der Waals surface area contributed by atoms with E-state index in [4.69, 9.17) is 0 Å². The van der Waals surface area contributed by atoms with Gasteiger partial charge in [-0.3, -0.25) is 0 Å². The van der Waals surface area contributed by atoms with E-state index in [0.717, 1.165) is 30.1 Å². The fourth-order valence-corrected chi connectivity index (χ4v) is 10.5. The van der Waals surface area contributed by atoms with Crippen molar-refractivity contribution in [2.75, 3.05) is 4.90 Å². The van der Waals surface area contributed by atoms with Crippen molar-refractivity contribution in [1.29, 1.82) is 0 Å². The molecular formula is C53H53N. The number of allylic oxidation sites excluding steroid dienone is 1. The molecule has 10 rings (SSSR count). The van der Waals surface area contributed by atoms with Gasteiger partial charge in [0.05, 0.1) is 0 Å². The lowest BCUT2D eigenvalue weighted by atomic mass is 9.50. The molecule has 0 spiro atoms. The monoisotopic (exact) mass is 703 g/mol.